The molecule has 0 spiro atoms. The SMILES string of the molecule is CC(C)c1cccc(Oc2ccc(C(=N)N)cn2)c1. The quantitative estimate of drug-likeness (QED) is 0.650. The maximum Gasteiger partial charge on any atom is 0.219 e. The molecule has 0 atom stereocenters. The summed E-state index contributed by atoms with van der Waals surface area (Å²) in [6.07, 6.45) is 1.53. The van der Waals surface area contributed by atoms with Crippen LogP contribution >= 0.6 is 0 Å². The lowest BCUT2D eigenvalue weighted by Gasteiger charge is -2.09. The Balaban J connectivity index is 2.16. The molecule has 0 amide bonds. The molecule has 2 rings (SSSR count). The molecule has 0 radical (unpaired) electrons. The number of hydrogen-bond acceptors (Lipinski definition) is 3. The normalized spacial score (nSPS) is 10.5. The Kier molecular flexibility index (Phi) is 3.80. The van der Waals surface area contributed by atoms with Crippen LogP contribution in [0.4, 0.5) is 0 Å². The van der Waals surface area contributed by atoms with Crippen molar-refractivity contribution in [2.45, 2.75) is 19.8 Å². The lowest BCUT2D eigenvalue weighted by Crippen LogP contribution is -2.11. The van der Waals surface area contributed by atoms with E-state index in [-0.39, 0.29) is 5.84 Å². The molecule has 1 heterocycles. The second-order valence-corrected chi connectivity index (χ2v) is 4.63. The molecule has 0 aliphatic carbocycles. The monoisotopic (exact) mass is 255 g/mol. The summed E-state index contributed by atoms with van der Waals surface area (Å²) >= 11 is 0. The Bertz CT molecular complexity index is 576. The van der Waals surface area contributed by atoms with Crippen molar-refractivity contribution in [3.8, 4) is 11.6 Å². The molecule has 1 aromatic heterocycles. The molecular weight excluding hydrogens is 238 g/mol. The van der Waals surface area contributed by atoms with E-state index < -0.39 is 0 Å². The summed E-state index contributed by atoms with van der Waals surface area (Å²) in [5, 5.41) is 7.30. The van der Waals surface area contributed by atoms with E-state index in [9.17, 15) is 0 Å². The number of ether oxygens (including phenoxy) is 1. The van der Waals surface area contributed by atoms with Gasteiger partial charge in [-0.05, 0) is 29.7 Å². The Morgan fingerprint density at radius 3 is 2.63 bits per heavy atom. The van der Waals surface area contributed by atoms with Crippen molar-refractivity contribution in [2.24, 2.45) is 5.73 Å². The van der Waals surface area contributed by atoms with Crippen molar-refractivity contribution in [1.82, 2.24) is 4.98 Å². The third-order valence-corrected chi connectivity index (χ3v) is 2.79. The van der Waals surface area contributed by atoms with Gasteiger partial charge < -0.3 is 10.5 Å². The van der Waals surface area contributed by atoms with Gasteiger partial charge in [-0.3, -0.25) is 5.41 Å². The van der Waals surface area contributed by atoms with Crippen molar-refractivity contribution in [3.63, 3.8) is 0 Å². The molecule has 3 N–H and O–H groups in total. The summed E-state index contributed by atoms with van der Waals surface area (Å²) in [7, 11) is 0. The van der Waals surface area contributed by atoms with Gasteiger partial charge in [0.1, 0.15) is 11.6 Å². The number of nitrogens with two attached hydrogens (primary N) is 1. The van der Waals surface area contributed by atoms with Crippen LogP contribution in [0.1, 0.15) is 30.9 Å². The largest absolute Gasteiger partial charge is 0.439 e. The van der Waals surface area contributed by atoms with Crippen LogP contribution < -0.4 is 10.5 Å². The molecule has 1 aromatic carbocycles. The highest BCUT2D eigenvalue weighted by atomic mass is 16.5. The Morgan fingerprint density at radius 1 is 1.26 bits per heavy atom. The van der Waals surface area contributed by atoms with Gasteiger partial charge in [0.2, 0.25) is 5.88 Å². The number of pyridine rings is 1. The number of nitrogens with zero attached hydrogens (tertiary/aromatic N) is 1. The lowest BCUT2D eigenvalue weighted by molar-refractivity contribution is 0.462. The average Bonchev–Trinajstić information content (AvgIpc) is 2.39. The van der Waals surface area contributed by atoms with Crippen LogP contribution in [0, 0.1) is 5.41 Å². The Hall–Kier alpha value is -2.36. The highest BCUT2D eigenvalue weighted by Crippen LogP contribution is 2.24. The minimum absolute atomic E-state index is 0.000792. The Labute approximate surface area is 112 Å². The summed E-state index contributed by atoms with van der Waals surface area (Å²) in [4.78, 5) is 4.13. The van der Waals surface area contributed by atoms with E-state index in [0.717, 1.165) is 5.75 Å². The van der Waals surface area contributed by atoms with Gasteiger partial charge in [-0.2, -0.15) is 0 Å². The number of nitrogens with one attached hydrogen (secondary N) is 1. The molecule has 0 fully saturated rings. The molecule has 0 saturated heterocycles. The van der Waals surface area contributed by atoms with Crippen LogP contribution in [0.25, 0.3) is 0 Å². The summed E-state index contributed by atoms with van der Waals surface area (Å²) in [6, 6.07) is 11.4. The van der Waals surface area contributed by atoms with E-state index in [4.69, 9.17) is 15.9 Å². The number of benzene rings is 1. The van der Waals surface area contributed by atoms with Crippen LogP contribution in [-0.2, 0) is 0 Å². The fourth-order valence-corrected chi connectivity index (χ4v) is 1.66. The smallest absolute Gasteiger partial charge is 0.219 e. The van der Waals surface area contributed by atoms with Gasteiger partial charge in [-0.15, -0.1) is 0 Å². The molecule has 19 heavy (non-hydrogen) atoms. The van der Waals surface area contributed by atoms with Crippen LogP contribution in [0.5, 0.6) is 11.6 Å². The summed E-state index contributed by atoms with van der Waals surface area (Å²) in [6.45, 7) is 4.28. The van der Waals surface area contributed by atoms with Crippen molar-refractivity contribution >= 4 is 5.84 Å². The zero-order chi connectivity index (χ0) is 13.8. The lowest BCUT2D eigenvalue weighted by atomic mass is 10.0. The summed E-state index contributed by atoms with van der Waals surface area (Å²) in [5.74, 6) is 1.71. The maximum atomic E-state index is 7.30. The topological polar surface area (TPSA) is 72.0 Å². The molecule has 0 unspecified atom stereocenters. The third kappa shape index (κ3) is 3.31. The van der Waals surface area contributed by atoms with Crippen molar-refractivity contribution in [2.75, 3.05) is 0 Å². The van der Waals surface area contributed by atoms with E-state index in [1.54, 1.807) is 12.1 Å². The first-order chi connectivity index (χ1) is 9.06. The first-order valence-electron chi connectivity index (χ1n) is 6.14. The second kappa shape index (κ2) is 5.52. The van der Waals surface area contributed by atoms with E-state index in [1.165, 1.54) is 11.8 Å². The first-order valence-corrected chi connectivity index (χ1v) is 6.14. The van der Waals surface area contributed by atoms with Crippen LogP contribution in [0.3, 0.4) is 0 Å². The molecule has 0 aliphatic heterocycles. The van der Waals surface area contributed by atoms with Gasteiger partial charge in [0, 0.05) is 17.8 Å². The molecular formula is C15H17N3O. The van der Waals surface area contributed by atoms with E-state index in [1.807, 2.05) is 18.2 Å². The van der Waals surface area contributed by atoms with Gasteiger partial charge >= 0.3 is 0 Å². The fraction of sp³-hybridized carbons (Fsp3) is 0.200. The number of nitrogen functional groups attached to an aromatic ring is 1. The number of amidine groups is 1. The van der Waals surface area contributed by atoms with E-state index >= 15 is 0 Å². The van der Waals surface area contributed by atoms with Gasteiger partial charge in [-0.1, -0.05) is 26.0 Å². The van der Waals surface area contributed by atoms with Gasteiger partial charge in [0.05, 0.1) is 0 Å². The zero-order valence-corrected chi connectivity index (χ0v) is 11.1. The molecule has 0 saturated carbocycles. The predicted molar refractivity (Wildman–Crippen MR) is 75.9 cm³/mol. The molecule has 4 nitrogen and oxygen atoms in total. The summed E-state index contributed by atoms with van der Waals surface area (Å²) < 4.78 is 5.68. The van der Waals surface area contributed by atoms with E-state index in [0.29, 0.717) is 17.4 Å². The number of hydrogen-bond donors (Lipinski definition) is 2. The zero-order valence-electron chi connectivity index (χ0n) is 11.1. The summed E-state index contributed by atoms with van der Waals surface area (Å²) in [5.41, 5.74) is 7.18. The first kappa shape index (κ1) is 13.1. The van der Waals surface area contributed by atoms with Crippen molar-refractivity contribution in [1.29, 1.82) is 5.41 Å². The van der Waals surface area contributed by atoms with Gasteiger partial charge in [0.25, 0.3) is 0 Å². The Morgan fingerprint density at radius 2 is 2.05 bits per heavy atom. The molecule has 4 heteroatoms. The highest BCUT2D eigenvalue weighted by molar-refractivity contribution is 5.94. The van der Waals surface area contributed by atoms with Crippen molar-refractivity contribution < 1.29 is 4.74 Å². The van der Waals surface area contributed by atoms with E-state index in [2.05, 4.69) is 24.9 Å². The minimum Gasteiger partial charge on any atom is -0.439 e. The fourth-order valence-electron chi connectivity index (χ4n) is 1.66. The molecule has 98 valence electrons. The maximum absolute atomic E-state index is 7.30. The standard InChI is InChI=1S/C15H17N3O/c1-10(2)11-4-3-5-13(8-11)19-14-7-6-12(9-18-14)15(16)17/h3-10H,1-2H3,(H3,16,17). The molecule has 0 aliphatic rings. The van der Waals surface area contributed by atoms with Crippen molar-refractivity contribution in [3.05, 3.63) is 53.7 Å². The second-order valence-electron chi connectivity index (χ2n) is 4.63. The average molecular weight is 255 g/mol. The third-order valence-electron chi connectivity index (χ3n) is 2.79. The highest BCUT2D eigenvalue weighted by Gasteiger charge is 2.04. The molecule has 2 aromatic rings. The predicted octanol–water partition coefficient (Wildman–Crippen LogP) is 3.28. The van der Waals surface area contributed by atoms with Gasteiger partial charge in [-0.25, -0.2) is 4.98 Å². The van der Waals surface area contributed by atoms with Crippen LogP contribution in [0.15, 0.2) is 42.6 Å². The van der Waals surface area contributed by atoms with Gasteiger partial charge in [0.15, 0.2) is 0 Å². The van der Waals surface area contributed by atoms with Crippen LogP contribution in [0.2, 0.25) is 0 Å². The van der Waals surface area contributed by atoms with Crippen LogP contribution in [-0.4, -0.2) is 10.8 Å². The number of aromatic nitrogens is 1. The number of rotatable bonds is 4. The minimum atomic E-state index is 0.000792. The molecule has 0 bridgehead atoms.